The second-order valence-corrected chi connectivity index (χ2v) is 7.84. The van der Waals surface area contributed by atoms with Crippen molar-refractivity contribution in [2.24, 2.45) is 0 Å². The molecule has 2 fully saturated rings. The lowest BCUT2D eigenvalue weighted by Crippen LogP contribution is -2.44. The van der Waals surface area contributed by atoms with Gasteiger partial charge in [-0.25, -0.2) is 0 Å². The molecule has 28 heavy (non-hydrogen) atoms. The molecule has 1 amide bonds. The SMILES string of the molecule is COc1cccc(-c2cccc([C@H]3CCCN(C(=O)CN4CCCC4)C3)n2)c1. The highest BCUT2D eigenvalue weighted by Crippen LogP contribution is 2.29. The number of aromatic nitrogens is 1. The fraction of sp³-hybridized carbons (Fsp3) is 0.478. The van der Waals surface area contributed by atoms with Crippen molar-refractivity contribution in [2.45, 2.75) is 31.6 Å². The number of methoxy groups -OCH3 is 1. The van der Waals surface area contributed by atoms with E-state index in [9.17, 15) is 4.79 Å². The summed E-state index contributed by atoms with van der Waals surface area (Å²) >= 11 is 0. The summed E-state index contributed by atoms with van der Waals surface area (Å²) in [6, 6.07) is 14.2. The highest BCUT2D eigenvalue weighted by atomic mass is 16.5. The normalized spacial score (nSPS) is 20.3. The lowest BCUT2D eigenvalue weighted by Gasteiger charge is -2.33. The van der Waals surface area contributed by atoms with Crippen LogP contribution in [0, 0.1) is 0 Å². The second-order valence-electron chi connectivity index (χ2n) is 7.84. The van der Waals surface area contributed by atoms with Crippen LogP contribution in [0.15, 0.2) is 42.5 Å². The molecule has 0 spiro atoms. The van der Waals surface area contributed by atoms with Crippen LogP contribution >= 0.6 is 0 Å². The minimum absolute atomic E-state index is 0.274. The summed E-state index contributed by atoms with van der Waals surface area (Å²) in [5, 5.41) is 0. The van der Waals surface area contributed by atoms with E-state index in [0.29, 0.717) is 12.5 Å². The summed E-state index contributed by atoms with van der Waals surface area (Å²) in [5.74, 6) is 1.42. The number of carbonyl (C=O) groups is 1. The molecule has 148 valence electrons. The van der Waals surface area contributed by atoms with Gasteiger partial charge in [-0.15, -0.1) is 0 Å². The Morgan fingerprint density at radius 3 is 2.75 bits per heavy atom. The number of pyridine rings is 1. The molecular formula is C23H29N3O2. The molecule has 0 saturated carbocycles. The number of benzene rings is 1. The lowest BCUT2D eigenvalue weighted by molar-refractivity contribution is -0.133. The van der Waals surface area contributed by atoms with Gasteiger partial charge in [-0.2, -0.15) is 0 Å². The van der Waals surface area contributed by atoms with E-state index in [1.165, 1.54) is 12.8 Å². The topological polar surface area (TPSA) is 45.7 Å². The zero-order valence-corrected chi connectivity index (χ0v) is 16.6. The van der Waals surface area contributed by atoms with Crippen molar-refractivity contribution in [1.29, 1.82) is 0 Å². The zero-order chi connectivity index (χ0) is 19.3. The molecule has 1 aromatic heterocycles. The molecule has 0 unspecified atom stereocenters. The van der Waals surface area contributed by atoms with Crippen LogP contribution in [0.5, 0.6) is 5.75 Å². The first kappa shape index (κ1) is 18.9. The summed E-state index contributed by atoms with van der Waals surface area (Å²) in [5.41, 5.74) is 3.09. The standard InChI is InChI=1S/C23H29N3O2/c1-28-20-9-4-7-18(15-20)21-10-5-11-22(24-21)19-8-6-14-26(16-19)23(27)17-25-12-2-3-13-25/h4-5,7,9-11,15,19H,2-3,6,8,12-14,16-17H2,1H3/t19-/m0/s1. The quantitative estimate of drug-likeness (QED) is 0.797. The van der Waals surface area contributed by atoms with Crippen molar-refractivity contribution >= 4 is 5.91 Å². The highest BCUT2D eigenvalue weighted by Gasteiger charge is 2.27. The van der Waals surface area contributed by atoms with Gasteiger partial charge >= 0.3 is 0 Å². The maximum absolute atomic E-state index is 12.7. The van der Waals surface area contributed by atoms with Gasteiger partial charge in [0, 0.05) is 30.3 Å². The van der Waals surface area contributed by atoms with E-state index < -0.39 is 0 Å². The molecule has 2 aliphatic rings. The second kappa shape index (κ2) is 8.74. The molecule has 2 aromatic rings. The number of ether oxygens (including phenoxy) is 1. The average molecular weight is 380 g/mol. The van der Waals surface area contributed by atoms with Gasteiger partial charge in [0.05, 0.1) is 19.3 Å². The van der Waals surface area contributed by atoms with E-state index >= 15 is 0 Å². The summed E-state index contributed by atoms with van der Waals surface area (Å²) in [7, 11) is 1.68. The predicted molar refractivity (Wildman–Crippen MR) is 110 cm³/mol. The molecule has 5 nitrogen and oxygen atoms in total. The third-order valence-electron chi connectivity index (χ3n) is 5.89. The number of likely N-dealkylation sites (tertiary alicyclic amines) is 2. The third-order valence-corrected chi connectivity index (χ3v) is 5.89. The summed E-state index contributed by atoms with van der Waals surface area (Å²) in [6.07, 6.45) is 4.57. The van der Waals surface area contributed by atoms with E-state index in [-0.39, 0.29) is 5.91 Å². The Labute approximate surface area is 167 Å². The fourth-order valence-corrected chi connectivity index (χ4v) is 4.30. The maximum Gasteiger partial charge on any atom is 0.236 e. The van der Waals surface area contributed by atoms with E-state index in [1.807, 2.05) is 29.2 Å². The van der Waals surface area contributed by atoms with Gasteiger partial charge in [0.1, 0.15) is 5.75 Å². The van der Waals surface area contributed by atoms with Crippen molar-refractivity contribution < 1.29 is 9.53 Å². The van der Waals surface area contributed by atoms with Gasteiger partial charge in [-0.05, 0) is 63.0 Å². The van der Waals surface area contributed by atoms with Crippen molar-refractivity contribution in [3.8, 4) is 17.0 Å². The molecular weight excluding hydrogens is 350 g/mol. The van der Waals surface area contributed by atoms with Crippen LogP contribution in [0.1, 0.15) is 37.3 Å². The first-order chi connectivity index (χ1) is 13.7. The highest BCUT2D eigenvalue weighted by molar-refractivity contribution is 5.78. The molecule has 1 atom stereocenters. The molecule has 2 aliphatic heterocycles. The minimum Gasteiger partial charge on any atom is -0.497 e. The Morgan fingerprint density at radius 2 is 1.93 bits per heavy atom. The van der Waals surface area contributed by atoms with E-state index in [0.717, 1.165) is 61.7 Å². The van der Waals surface area contributed by atoms with E-state index in [4.69, 9.17) is 9.72 Å². The van der Waals surface area contributed by atoms with Crippen LogP contribution in [0.4, 0.5) is 0 Å². The Bertz CT molecular complexity index is 817. The summed E-state index contributed by atoms with van der Waals surface area (Å²) in [4.78, 5) is 22.0. The number of piperidine rings is 1. The van der Waals surface area contributed by atoms with Crippen LogP contribution < -0.4 is 4.74 Å². The van der Waals surface area contributed by atoms with E-state index in [1.54, 1.807) is 7.11 Å². The Morgan fingerprint density at radius 1 is 1.11 bits per heavy atom. The van der Waals surface area contributed by atoms with Gasteiger partial charge in [0.25, 0.3) is 0 Å². The number of hydrogen-bond acceptors (Lipinski definition) is 4. The van der Waals surface area contributed by atoms with Crippen molar-refractivity contribution in [2.75, 3.05) is 39.8 Å². The van der Waals surface area contributed by atoms with Gasteiger partial charge in [-0.1, -0.05) is 18.2 Å². The van der Waals surface area contributed by atoms with Crippen LogP contribution in [0.25, 0.3) is 11.3 Å². The number of carbonyl (C=O) groups excluding carboxylic acids is 1. The maximum atomic E-state index is 12.7. The smallest absolute Gasteiger partial charge is 0.236 e. The van der Waals surface area contributed by atoms with Crippen molar-refractivity contribution in [3.63, 3.8) is 0 Å². The Hall–Kier alpha value is -2.40. The van der Waals surface area contributed by atoms with Gasteiger partial charge < -0.3 is 9.64 Å². The molecule has 0 aliphatic carbocycles. The minimum atomic E-state index is 0.274. The Kier molecular flexibility index (Phi) is 5.91. The monoisotopic (exact) mass is 379 g/mol. The summed E-state index contributed by atoms with van der Waals surface area (Å²) in [6.45, 7) is 4.35. The lowest BCUT2D eigenvalue weighted by atomic mass is 9.93. The molecule has 4 rings (SSSR count). The van der Waals surface area contributed by atoms with Crippen molar-refractivity contribution in [1.82, 2.24) is 14.8 Å². The summed E-state index contributed by atoms with van der Waals surface area (Å²) < 4.78 is 5.34. The first-order valence-electron chi connectivity index (χ1n) is 10.3. The Balaban J connectivity index is 1.46. The van der Waals surface area contributed by atoms with Gasteiger partial charge in [0.15, 0.2) is 0 Å². The number of rotatable bonds is 5. The van der Waals surface area contributed by atoms with E-state index in [2.05, 4.69) is 23.1 Å². The van der Waals surface area contributed by atoms with Crippen LogP contribution in [-0.4, -0.2) is 60.5 Å². The number of hydrogen-bond donors (Lipinski definition) is 0. The van der Waals surface area contributed by atoms with Crippen LogP contribution in [0.2, 0.25) is 0 Å². The molecule has 0 bridgehead atoms. The molecule has 0 radical (unpaired) electrons. The molecule has 2 saturated heterocycles. The fourth-order valence-electron chi connectivity index (χ4n) is 4.30. The first-order valence-corrected chi connectivity index (χ1v) is 10.3. The van der Waals surface area contributed by atoms with Crippen LogP contribution in [-0.2, 0) is 4.79 Å². The molecule has 1 aromatic carbocycles. The molecule has 0 N–H and O–H groups in total. The zero-order valence-electron chi connectivity index (χ0n) is 16.6. The van der Waals surface area contributed by atoms with Crippen LogP contribution in [0.3, 0.4) is 0 Å². The largest absolute Gasteiger partial charge is 0.497 e. The van der Waals surface area contributed by atoms with Crippen molar-refractivity contribution in [3.05, 3.63) is 48.2 Å². The number of nitrogens with zero attached hydrogens (tertiary/aromatic N) is 3. The number of amides is 1. The molecule has 3 heterocycles. The predicted octanol–water partition coefficient (Wildman–Crippen LogP) is 3.56. The third kappa shape index (κ3) is 4.36. The average Bonchev–Trinajstić information content (AvgIpc) is 3.27. The molecule has 5 heteroatoms. The van der Waals surface area contributed by atoms with Gasteiger partial charge in [0.2, 0.25) is 5.91 Å². The van der Waals surface area contributed by atoms with Gasteiger partial charge in [-0.3, -0.25) is 14.7 Å².